The zero-order chi connectivity index (χ0) is 9.30. The minimum Gasteiger partial charge on any atom is -0.324 e. The van der Waals surface area contributed by atoms with Gasteiger partial charge in [-0.3, -0.25) is 0 Å². The molecule has 0 amide bonds. The first-order valence-electron chi connectivity index (χ1n) is 4.04. The van der Waals surface area contributed by atoms with Gasteiger partial charge in [0.2, 0.25) is 0 Å². The Morgan fingerprint density at radius 3 is 2.25 bits per heavy atom. The highest BCUT2D eigenvalue weighted by atomic mass is 35.5. The number of hydrogen-bond donors (Lipinski definition) is 1. The van der Waals surface area contributed by atoms with Crippen molar-refractivity contribution in [3.05, 3.63) is 33.8 Å². The molecule has 0 aromatic heterocycles. The molecule has 1 aromatic carbocycles. The van der Waals surface area contributed by atoms with E-state index in [4.69, 9.17) is 17.3 Å². The van der Waals surface area contributed by atoms with Crippen LogP contribution in [0.4, 0.5) is 0 Å². The van der Waals surface area contributed by atoms with Gasteiger partial charge in [0.15, 0.2) is 0 Å². The van der Waals surface area contributed by atoms with Gasteiger partial charge in [-0.05, 0) is 43.5 Å². The molecule has 2 heteroatoms. The molecular formula is C10H14ClN. The van der Waals surface area contributed by atoms with Gasteiger partial charge in [0.05, 0.1) is 0 Å². The average Bonchev–Trinajstić information content (AvgIpc) is 1.96. The summed E-state index contributed by atoms with van der Waals surface area (Å²) in [7, 11) is 0. The van der Waals surface area contributed by atoms with Crippen molar-refractivity contribution in [3.63, 3.8) is 0 Å². The molecule has 0 saturated carbocycles. The molecule has 0 spiro atoms. The number of hydrogen-bond acceptors (Lipinski definition) is 1. The Morgan fingerprint density at radius 2 is 1.75 bits per heavy atom. The zero-order valence-electron chi connectivity index (χ0n) is 7.69. The average molecular weight is 184 g/mol. The normalized spacial score (nSPS) is 13.1. The number of benzene rings is 1. The predicted molar refractivity (Wildman–Crippen MR) is 53.5 cm³/mol. The summed E-state index contributed by atoms with van der Waals surface area (Å²) in [6.45, 7) is 6.06. The van der Waals surface area contributed by atoms with Crippen LogP contribution in [0.3, 0.4) is 0 Å². The van der Waals surface area contributed by atoms with E-state index in [2.05, 4.69) is 13.0 Å². The van der Waals surface area contributed by atoms with Gasteiger partial charge in [-0.1, -0.05) is 17.7 Å². The molecule has 1 nitrogen and oxygen atoms in total. The Labute approximate surface area is 78.5 Å². The van der Waals surface area contributed by atoms with Gasteiger partial charge in [0.25, 0.3) is 0 Å². The number of aryl methyl sites for hydroxylation is 2. The van der Waals surface area contributed by atoms with Crippen LogP contribution in [0.15, 0.2) is 12.1 Å². The topological polar surface area (TPSA) is 26.0 Å². The Balaban J connectivity index is 3.23. The second kappa shape index (κ2) is 3.46. The summed E-state index contributed by atoms with van der Waals surface area (Å²) in [6.07, 6.45) is 0. The molecular weight excluding hydrogens is 170 g/mol. The fraction of sp³-hybridized carbons (Fsp3) is 0.400. The highest BCUT2D eigenvalue weighted by Gasteiger charge is 2.06. The van der Waals surface area contributed by atoms with E-state index in [1.54, 1.807) is 0 Å². The maximum Gasteiger partial charge on any atom is 0.0456 e. The molecule has 0 fully saturated rings. The number of rotatable bonds is 1. The Kier molecular flexibility index (Phi) is 2.76. The first-order valence-corrected chi connectivity index (χ1v) is 4.42. The minimum atomic E-state index is 0.0109. The van der Waals surface area contributed by atoms with Crippen LogP contribution in [0.25, 0.3) is 0 Å². The third kappa shape index (κ3) is 1.79. The summed E-state index contributed by atoms with van der Waals surface area (Å²) < 4.78 is 0. The van der Waals surface area contributed by atoms with Crippen molar-refractivity contribution >= 4 is 11.6 Å². The quantitative estimate of drug-likeness (QED) is 0.712. The lowest BCUT2D eigenvalue weighted by Crippen LogP contribution is -2.06. The van der Waals surface area contributed by atoms with Gasteiger partial charge in [-0.25, -0.2) is 0 Å². The van der Waals surface area contributed by atoms with E-state index in [1.165, 1.54) is 11.1 Å². The summed E-state index contributed by atoms with van der Waals surface area (Å²) in [4.78, 5) is 0. The van der Waals surface area contributed by atoms with Crippen molar-refractivity contribution < 1.29 is 0 Å². The monoisotopic (exact) mass is 183 g/mol. The van der Waals surface area contributed by atoms with Crippen molar-refractivity contribution in [1.29, 1.82) is 0 Å². The van der Waals surface area contributed by atoms with Crippen LogP contribution in [0.5, 0.6) is 0 Å². The molecule has 0 radical (unpaired) electrons. The molecule has 2 N–H and O–H groups in total. The van der Waals surface area contributed by atoms with Crippen molar-refractivity contribution in [2.75, 3.05) is 0 Å². The van der Waals surface area contributed by atoms with E-state index in [0.717, 1.165) is 10.6 Å². The summed E-state index contributed by atoms with van der Waals surface area (Å²) in [5, 5.41) is 0.771. The van der Waals surface area contributed by atoms with Gasteiger partial charge >= 0.3 is 0 Å². The van der Waals surface area contributed by atoms with Crippen molar-refractivity contribution in [3.8, 4) is 0 Å². The first kappa shape index (κ1) is 9.56. The van der Waals surface area contributed by atoms with E-state index in [1.807, 2.05) is 19.9 Å². The van der Waals surface area contributed by atoms with Gasteiger partial charge in [-0.2, -0.15) is 0 Å². The highest BCUT2D eigenvalue weighted by molar-refractivity contribution is 6.31. The van der Waals surface area contributed by atoms with Crippen molar-refractivity contribution in [2.45, 2.75) is 26.8 Å². The summed E-state index contributed by atoms with van der Waals surface area (Å²) >= 11 is 6.02. The molecule has 66 valence electrons. The molecule has 1 aromatic rings. The van der Waals surface area contributed by atoms with Gasteiger partial charge in [0, 0.05) is 11.1 Å². The van der Waals surface area contributed by atoms with E-state index in [-0.39, 0.29) is 6.04 Å². The summed E-state index contributed by atoms with van der Waals surface area (Å²) in [5.74, 6) is 0. The summed E-state index contributed by atoms with van der Waals surface area (Å²) in [5.41, 5.74) is 9.23. The van der Waals surface area contributed by atoms with Crippen molar-refractivity contribution in [2.24, 2.45) is 5.73 Å². The maximum atomic E-state index is 6.02. The van der Waals surface area contributed by atoms with Crippen LogP contribution < -0.4 is 5.73 Å². The lowest BCUT2D eigenvalue weighted by molar-refractivity contribution is 0.816. The molecule has 12 heavy (non-hydrogen) atoms. The molecule has 0 saturated heterocycles. The molecule has 1 atom stereocenters. The van der Waals surface area contributed by atoms with Gasteiger partial charge in [-0.15, -0.1) is 0 Å². The Hall–Kier alpha value is -0.530. The van der Waals surface area contributed by atoms with Crippen LogP contribution in [-0.2, 0) is 0 Å². The fourth-order valence-electron chi connectivity index (χ4n) is 1.15. The first-order chi connectivity index (χ1) is 5.52. The van der Waals surface area contributed by atoms with Crippen LogP contribution >= 0.6 is 11.6 Å². The molecule has 0 aliphatic carbocycles. The Bertz CT molecular complexity index is 292. The zero-order valence-corrected chi connectivity index (χ0v) is 8.44. The SMILES string of the molecule is Cc1cc(Cl)c(C(C)N)cc1C. The van der Waals surface area contributed by atoms with E-state index in [0.29, 0.717) is 0 Å². The van der Waals surface area contributed by atoms with Crippen LogP contribution in [0.1, 0.15) is 29.7 Å². The highest BCUT2D eigenvalue weighted by Crippen LogP contribution is 2.24. The standard InChI is InChI=1S/C10H14ClN/c1-6-4-9(8(3)12)10(11)5-7(6)2/h4-5,8H,12H2,1-3H3. The van der Waals surface area contributed by atoms with Crippen LogP contribution in [0.2, 0.25) is 5.02 Å². The molecule has 0 bridgehead atoms. The maximum absolute atomic E-state index is 6.02. The Morgan fingerprint density at radius 1 is 1.25 bits per heavy atom. The fourth-order valence-corrected chi connectivity index (χ4v) is 1.54. The molecule has 0 aliphatic rings. The smallest absolute Gasteiger partial charge is 0.0456 e. The number of halogens is 1. The minimum absolute atomic E-state index is 0.0109. The second-order valence-corrected chi connectivity index (χ2v) is 3.65. The van der Waals surface area contributed by atoms with Gasteiger partial charge < -0.3 is 5.73 Å². The van der Waals surface area contributed by atoms with Gasteiger partial charge in [0.1, 0.15) is 0 Å². The third-order valence-corrected chi connectivity index (χ3v) is 2.43. The summed E-state index contributed by atoms with van der Waals surface area (Å²) in [6, 6.07) is 4.04. The third-order valence-electron chi connectivity index (χ3n) is 2.10. The molecule has 0 heterocycles. The van der Waals surface area contributed by atoms with Crippen LogP contribution in [-0.4, -0.2) is 0 Å². The molecule has 1 rings (SSSR count). The number of nitrogens with two attached hydrogens (primary N) is 1. The predicted octanol–water partition coefficient (Wildman–Crippen LogP) is 2.98. The lowest BCUT2D eigenvalue weighted by Gasteiger charge is -2.10. The van der Waals surface area contributed by atoms with Crippen LogP contribution in [0, 0.1) is 13.8 Å². The lowest BCUT2D eigenvalue weighted by atomic mass is 10.0. The largest absolute Gasteiger partial charge is 0.324 e. The van der Waals surface area contributed by atoms with E-state index >= 15 is 0 Å². The molecule has 1 unspecified atom stereocenters. The van der Waals surface area contributed by atoms with E-state index in [9.17, 15) is 0 Å². The molecule has 0 aliphatic heterocycles. The van der Waals surface area contributed by atoms with E-state index < -0.39 is 0 Å². The van der Waals surface area contributed by atoms with Crippen molar-refractivity contribution in [1.82, 2.24) is 0 Å². The second-order valence-electron chi connectivity index (χ2n) is 3.25.